The van der Waals surface area contributed by atoms with E-state index in [0.717, 1.165) is 6.42 Å². The van der Waals surface area contributed by atoms with Crippen LogP contribution in [-0.4, -0.2) is 24.3 Å². The fourth-order valence-corrected chi connectivity index (χ4v) is 3.13. The standard InChI is InChI=1S/C17H22N4O3S/c1-5-11(2)17(22)20-14-6-8-15(9-7-14)25(23,24)21-16-10-12(3)18-13(4)19-16/h6-11H,5H2,1-4H3,(H,20,22)(H,18,19,21)/t11-/m0/s1. The third-order valence-corrected chi connectivity index (χ3v) is 5.07. The highest BCUT2D eigenvalue weighted by molar-refractivity contribution is 7.92. The zero-order valence-electron chi connectivity index (χ0n) is 14.7. The van der Waals surface area contributed by atoms with Crippen molar-refractivity contribution in [2.24, 2.45) is 5.92 Å². The number of amides is 1. The number of carbonyl (C=O) groups is 1. The Balaban J connectivity index is 2.16. The van der Waals surface area contributed by atoms with Gasteiger partial charge in [-0.3, -0.25) is 9.52 Å². The van der Waals surface area contributed by atoms with Gasteiger partial charge in [-0.1, -0.05) is 13.8 Å². The second-order valence-electron chi connectivity index (χ2n) is 5.87. The molecule has 2 aromatic rings. The molecule has 0 fully saturated rings. The average molecular weight is 362 g/mol. The van der Waals surface area contributed by atoms with E-state index >= 15 is 0 Å². The Hall–Kier alpha value is -2.48. The summed E-state index contributed by atoms with van der Waals surface area (Å²) >= 11 is 0. The lowest BCUT2D eigenvalue weighted by Gasteiger charge is -2.11. The molecule has 0 unspecified atom stereocenters. The third-order valence-electron chi connectivity index (χ3n) is 3.70. The summed E-state index contributed by atoms with van der Waals surface area (Å²) in [5.41, 5.74) is 1.23. The maximum Gasteiger partial charge on any atom is 0.263 e. The summed E-state index contributed by atoms with van der Waals surface area (Å²) in [6, 6.07) is 7.56. The highest BCUT2D eigenvalue weighted by Gasteiger charge is 2.16. The molecule has 1 amide bonds. The van der Waals surface area contributed by atoms with Crippen molar-refractivity contribution in [2.75, 3.05) is 10.0 Å². The van der Waals surface area contributed by atoms with Crippen LogP contribution in [0.4, 0.5) is 11.5 Å². The van der Waals surface area contributed by atoms with Gasteiger partial charge in [0.25, 0.3) is 10.0 Å². The van der Waals surface area contributed by atoms with Crippen LogP contribution in [0.1, 0.15) is 31.8 Å². The number of carbonyl (C=O) groups excluding carboxylic acids is 1. The number of benzene rings is 1. The van der Waals surface area contributed by atoms with E-state index in [1.165, 1.54) is 12.1 Å². The van der Waals surface area contributed by atoms with Crippen LogP contribution >= 0.6 is 0 Å². The molecule has 8 heteroatoms. The first kappa shape index (κ1) is 18.9. The minimum Gasteiger partial charge on any atom is -0.326 e. The molecule has 0 aliphatic carbocycles. The molecular weight excluding hydrogens is 340 g/mol. The summed E-state index contributed by atoms with van der Waals surface area (Å²) < 4.78 is 27.3. The van der Waals surface area contributed by atoms with Gasteiger partial charge in [0.05, 0.1) is 4.90 Å². The van der Waals surface area contributed by atoms with Crippen LogP contribution in [0.5, 0.6) is 0 Å². The van der Waals surface area contributed by atoms with E-state index in [1.807, 2.05) is 13.8 Å². The first-order chi connectivity index (χ1) is 11.7. The van der Waals surface area contributed by atoms with E-state index in [-0.39, 0.29) is 22.5 Å². The maximum absolute atomic E-state index is 12.5. The average Bonchev–Trinajstić information content (AvgIpc) is 2.53. The normalized spacial score (nSPS) is 12.5. The molecule has 134 valence electrons. The molecule has 1 heterocycles. The maximum atomic E-state index is 12.5. The molecule has 1 aromatic carbocycles. The van der Waals surface area contributed by atoms with Crippen LogP contribution in [-0.2, 0) is 14.8 Å². The molecule has 2 N–H and O–H groups in total. The fourth-order valence-electron chi connectivity index (χ4n) is 2.13. The zero-order chi connectivity index (χ0) is 18.6. The molecule has 2 rings (SSSR count). The lowest BCUT2D eigenvalue weighted by molar-refractivity contribution is -0.119. The number of nitrogens with zero attached hydrogens (tertiary/aromatic N) is 2. The molecule has 25 heavy (non-hydrogen) atoms. The quantitative estimate of drug-likeness (QED) is 0.823. The van der Waals surface area contributed by atoms with Gasteiger partial charge in [0.15, 0.2) is 0 Å². The summed E-state index contributed by atoms with van der Waals surface area (Å²) in [6.07, 6.45) is 0.736. The van der Waals surface area contributed by atoms with Crippen molar-refractivity contribution < 1.29 is 13.2 Å². The van der Waals surface area contributed by atoms with Gasteiger partial charge in [-0.25, -0.2) is 18.4 Å². The first-order valence-corrected chi connectivity index (χ1v) is 9.45. The lowest BCUT2D eigenvalue weighted by Crippen LogP contribution is -2.19. The zero-order valence-corrected chi connectivity index (χ0v) is 15.5. The number of aromatic nitrogens is 2. The number of hydrogen-bond acceptors (Lipinski definition) is 5. The second-order valence-corrected chi connectivity index (χ2v) is 7.55. The van der Waals surface area contributed by atoms with Gasteiger partial charge >= 0.3 is 0 Å². The fraction of sp³-hybridized carbons (Fsp3) is 0.353. The van der Waals surface area contributed by atoms with E-state index in [4.69, 9.17) is 0 Å². The molecule has 1 aromatic heterocycles. The number of hydrogen-bond donors (Lipinski definition) is 2. The van der Waals surface area contributed by atoms with Crippen molar-refractivity contribution in [3.05, 3.63) is 41.9 Å². The summed E-state index contributed by atoms with van der Waals surface area (Å²) in [6.45, 7) is 7.23. The minimum atomic E-state index is -3.77. The molecule has 1 atom stereocenters. The molecule has 0 bridgehead atoms. The highest BCUT2D eigenvalue weighted by Crippen LogP contribution is 2.18. The van der Waals surface area contributed by atoms with Crippen LogP contribution < -0.4 is 10.0 Å². The van der Waals surface area contributed by atoms with E-state index < -0.39 is 10.0 Å². The van der Waals surface area contributed by atoms with E-state index in [0.29, 0.717) is 17.2 Å². The highest BCUT2D eigenvalue weighted by atomic mass is 32.2. The molecule has 0 aliphatic rings. The summed E-state index contributed by atoms with van der Waals surface area (Å²) in [5, 5.41) is 2.76. The number of sulfonamides is 1. The Kier molecular flexibility index (Phi) is 5.73. The summed E-state index contributed by atoms with van der Waals surface area (Å²) in [5.74, 6) is 0.512. The molecule has 7 nitrogen and oxygen atoms in total. The second kappa shape index (κ2) is 7.60. The van der Waals surface area contributed by atoms with Crippen LogP contribution in [0, 0.1) is 19.8 Å². The van der Waals surface area contributed by atoms with Gasteiger partial charge in [0.1, 0.15) is 11.6 Å². The molecule has 0 aliphatic heterocycles. The number of aryl methyl sites for hydroxylation is 2. The van der Waals surface area contributed by atoms with E-state index in [9.17, 15) is 13.2 Å². The van der Waals surface area contributed by atoms with Crippen LogP contribution in [0.15, 0.2) is 35.2 Å². The van der Waals surface area contributed by atoms with Gasteiger partial charge in [-0.2, -0.15) is 0 Å². The summed E-state index contributed by atoms with van der Waals surface area (Å²) in [4.78, 5) is 20.1. The number of nitrogens with one attached hydrogen (secondary N) is 2. The third kappa shape index (κ3) is 4.99. The lowest BCUT2D eigenvalue weighted by atomic mass is 10.1. The Morgan fingerprint density at radius 2 is 1.80 bits per heavy atom. The number of rotatable bonds is 6. The van der Waals surface area contributed by atoms with Crippen LogP contribution in [0.25, 0.3) is 0 Å². The predicted octanol–water partition coefficient (Wildman–Crippen LogP) is 2.88. The van der Waals surface area contributed by atoms with Gasteiger partial charge in [0, 0.05) is 23.4 Å². The van der Waals surface area contributed by atoms with Gasteiger partial charge in [-0.15, -0.1) is 0 Å². The van der Waals surface area contributed by atoms with Gasteiger partial charge in [0.2, 0.25) is 5.91 Å². The van der Waals surface area contributed by atoms with E-state index in [2.05, 4.69) is 20.0 Å². The Labute approximate surface area is 148 Å². The predicted molar refractivity (Wildman–Crippen MR) is 96.8 cm³/mol. The van der Waals surface area contributed by atoms with Crippen molar-refractivity contribution in [3.8, 4) is 0 Å². The monoisotopic (exact) mass is 362 g/mol. The topological polar surface area (TPSA) is 101 Å². The first-order valence-electron chi connectivity index (χ1n) is 7.97. The van der Waals surface area contributed by atoms with Crippen LogP contribution in [0.3, 0.4) is 0 Å². The van der Waals surface area contributed by atoms with Crippen molar-refractivity contribution in [2.45, 2.75) is 39.0 Å². The van der Waals surface area contributed by atoms with Crippen molar-refractivity contribution in [1.82, 2.24) is 9.97 Å². The van der Waals surface area contributed by atoms with Gasteiger partial charge in [-0.05, 0) is 44.5 Å². The molecule has 0 radical (unpaired) electrons. The minimum absolute atomic E-state index is 0.0861. The summed E-state index contributed by atoms with van der Waals surface area (Å²) in [7, 11) is -3.77. The van der Waals surface area contributed by atoms with Crippen molar-refractivity contribution in [3.63, 3.8) is 0 Å². The molecular formula is C17H22N4O3S. The van der Waals surface area contributed by atoms with Crippen LogP contribution in [0.2, 0.25) is 0 Å². The largest absolute Gasteiger partial charge is 0.326 e. The smallest absolute Gasteiger partial charge is 0.263 e. The SMILES string of the molecule is CC[C@H](C)C(=O)Nc1ccc(S(=O)(=O)Nc2cc(C)nc(C)n2)cc1. The van der Waals surface area contributed by atoms with Crippen molar-refractivity contribution >= 4 is 27.4 Å². The Morgan fingerprint density at radius 3 is 2.36 bits per heavy atom. The van der Waals surface area contributed by atoms with Crippen molar-refractivity contribution in [1.29, 1.82) is 0 Å². The van der Waals surface area contributed by atoms with Gasteiger partial charge < -0.3 is 5.32 Å². The molecule has 0 spiro atoms. The Morgan fingerprint density at radius 1 is 1.16 bits per heavy atom. The molecule has 0 saturated heterocycles. The Bertz CT molecular complexity index is 844. The number of anilines is 2. The van der Waals surface area contributed by atoms with E-state index in [1.54, 1.807) is 32.0 Å². The molecule has 0 saturated carbocycles.